The van der Waals surface area contributed by atoms with Crippen LogP contribution in [0.25, 0.3) is 76.9 Å². The standard InChI is InChI=1S/C38H19B5O/c39-34-33(35(40)37(42)38(43)36(34)41)32-25-13-6-4-11-23(25)30(24-12-5-7-14-26(24)32)21-17-18-28-27(19-21)31-22(15-8-16-29(31)44-28)20-9-2-1-3-10-20/h1-19H. The molecule has 0 aliphatic carbocycles. The number of rotatable bonds is 3. The molecule has 1 nitrogen and oxygen atoms in total. The normalized spacial score (nSPS) is 11.6. The molecule has 6 heteroatoms. The van der Waals surface area contributed by atoms with Crippen LogP contribution in [-0.4, -0.2) is 39.2 Å². The van der Waals surface area contributed by atoms with Crippen molar-refractivity contribution in [1.82, 2.24) is 0 Å². The summed E-state index contributed by atoms with van der Waals surface area (Å²) in [5.74, 6) is 0. The number of fused-ring (bicyclic) bond motifs is 5. The van der Waals surface area contributed by atoms with E-state index >= 15 is 0 Å². The number of furan rings is 1. The minimum atomic E-state index is 0.199. The van der Waals surface area contributed by atoms with Gasteiger partial charge in [-0.2, -0.15) is 0 Å². The number of hydrogen-bond donors (Lipinski definition) is 0. The minimum Gasteiger partial charge on any atom is -0.456 e. The molecule has 10 radical (unpaired) electrons. The zero-order valence-corrected chi connectivity index (χ0v) is 23.8. The van der Waals surface area contributed by atoms with E-state index in [1.807, 2.05) is 42.5 Å². The van der Waals surface area contributed by atoms with E-state index in [1.165, 1.54) is 0 Å². The van der Waals surface area contributed by atoms with Gasteiger partial charge in [-0.1, -0.05) is 108 Å². The summed E-state index contributed by atoms with van der Waals surface area (Å²) in [7, 11) is 32.1. The number of benzene rings is 7. The van der Waals surface area contributed by atoms with Gasteiger partial charge in [-0.3, -0.25) is 0 Å². The second kappa shape index (κ2) is 10.1. The van der Waals surface area contributed by atoms with Crippen LogP contribution in [0.1, 0.15) is 0 Å². The molecular formula is C38H19B5O. The van der Waals surface area contributed by atoms with Gasteiger partial charge >= 0.3 is 0 Å². The van der Waals surface area contributed by atoms with E-state index < -0.39 is 0 Å². The Morgan fingerprint density at radius 2 is 0.909 bits per heavy atom. The van der Waals surface area contributed by atoms with Crippen molar-refractivity contribution < 1.29 is 4.42 Å². The lowest BCUT2D eigenvalue weighted by Gasteiger charge is -2.25. The molecule has 8 aromatic rings. The molecule has 44 heavy (non-hydrogen) atoms. The maximum atomic E-state index is 6.63. The molecule has 0 N–H and O–H groups in total. The molecule has 8 rings (SSSR count). The van der Waals surface area contributed by atoms with Gasteiger partial charge in [0.25, 0.3) is 0 Å². The lowest BCUT2D eigenvalue weighted by molar-refractivity contribution is 0.669. The monoisotopic (exact) mass is 546 g/mol. The third-order valence-electron chi connectivity index (χ3n) is 8.75. The van der Waals surface area contributed by atoms with Gasteiger partial charge in [-0.25, -0.2) is 0 Å². The largest absolute Gasteiger partial charge is 0.456 e. The quantitative estimate of drug-likeness (QED) is 0.228. The van der Waals surface area contributed by atoms with Gasteiger partial charge in [0.2, 0.25) is 0 Å². The summed E-state index contributed by atoms with van der Waals surface area (Å²) < 4.78 is 6.35. The maximum Gasteiger partial charge on any atom is 0.136 e. The van der Waals surface area contributed by atoms with Gasteiger partial charge in [-0.15, -0.1) is 16.4 Å². The van der Waals surface area contributed by atoms with Crippen molar-refractivity contribution >= 4 is 110 Å². The highest BCUT2D eigenvalue weighted by atomic mass is 16.3. The van der Waals surface area contributed by atoms with Gasteiger partial charge in [0.1, 0.15) is 50.4 Å². The highest BCUT2D eigenvalue weighted by molar-refractivity contribution is 6.69. The van der Waals surface area contributed by atoms with Crippen molar-refractivity contribution in [3.05, 3.63) is 115 Å². The van der Waals surface area contributed by atoms with E-state index in [2.05, 4.69) is 72.8 Å². The molecule has 0 unspecified atom stereocenters. The van der Waals surface area contributed by atoms with Crippen molar-refractivity contribution in [2.45, 2.75) is 0 Å². The van der Waals surface area contributed by atoms with Gasteiger partial charge in [0, 0.05) is 10.8 Å². The van der Waals surface area contributed by atoms with Crippen LogP contribution >= 0.6 is 0 Å². The van der Waals surface area contributed by atoms with Crippen molar-refractivity contribution in [1.29, 1.82) is 0 Å². The minimum absolute atomic E-state index is 0.199. The summed E-state index contributed by atoms with van der Waals surface area (Å²) in [6.45, 7) is 0. The third-order valence-corrected chi connectivity index (χ3v) is 8.75. The Kier molecular flexibility index (Phi) is 6.17. The molecule has 7 aromatic carbocycles. The van der Waals surface area contributed by atoms with Crippen LogP contribution in [-0.2, 0) is 0 Å². The Balaban J connectivity index is 1.48. The molecule has 0 amide bonds. The average molecular weight is 546 g/mol. The highest BCUT2D eigenvalue weighted by Crippen LogP contribution is 2.44. The Hall–Kier alpha value is -4.82. The second-order valence-electron chi connectivity index (χ2n) is 11.1. The molecule has 1 heterocycles. The van der Waals surface area contributed by atoms with Crippen LogP contribution in [0.2, 0.25) is 0 Å². The maximum absolute atomic E-state index is 6.63. The highest BCUT2D eigenvalue weighted by Gasteiger charge is 2.21. The molecule has 0 bridgehead atoms. The van der Waals surface area contributed by atoms with Crippen molar-refractivity contribution in [2.75, 3.05) is 0 Å². The molecule has 0 aliphatic heterocycles. The molecule has 0 atom stereocenters. The molecule has 192 valence electrons. The molecule has 0 saturated heterocycles. The molecule has 0 aliphatic rings. The van der Waals surface area contributed by atoms with Crippen LogP contribution in [0, 0.1) is 0 Å². The van der Waals surface area contributed by atoms with Gasteiger partial charge in [0.05, 0.1) is 0 Å². The van der Waals surface area contributed by atoms with E-state index in [1.54, 1.807) is 0 Å². The van der Waals surface area contributed by atoms with Crippen molar-refractivity contribution in [2.24, 2.45) is 0 Å². The van der Waals surface area contributed by atoms with Crippen LogP contribution < -0.4 is 27.3 Å². The first-order valence-electron chi connectivity index (χ1n) is 14.4. The third kappa shape index (κ3) is 3.87. The first kappa shape index (κ1) is 26.8. The van der Waals surface area contributed by atoms with Crippen LogP contribution in [0.5, 0.6) is 0 Å². The van der Waals surface area contributed by atoms with Gasteiger partial charge in [0.15, 0.2) is 0 Å². The topological polar surface area (TPSA) is 13.1 Å². The average Bonchev–Trinajstić information content (AvgIpc) is 3.45. The zero-order valence-electron chi connectivity index (χ0n) is 23.8. The van der Waals surface area contributed by atoms with E-state index in [0.717, 1.165) is 71.3 Å². The Bertz CT molecular complexity index is 2360. The zero-order chi connectivity index (χ0) is 30.1. The fourth-order valence-electron chi connectivity index (χ4n) is 6.67. The fraction of sp³-hybridized carbons (Fsp3) is 0. The number of hydrogen-bond acceptors (Lipinski definition) is 1. The summed E-state index contributed by atoms with van der Waals surface area (Å²) in [6, 6.07) is 39.6. The van der Waals surface area contributed by atoms with E-state index in [4.69, 9.17) is 43.6 Å². The van der Waals surface area contributed by atoms with E-state index in [0.29, 0.717) is 16.5 Å². The summed E-state index contributed by atoms with van der Waals surface area (Å²) in [5.41, 5.74) is 8.90. The summed E-state index contributed by atoms with van der Waals surface area (Å²) in [6.07, 6.45) is 0. The van der Waals surface area contributed by atoms with Crippen LogP contribution in [0.15, 0.2) is 120 Å². The first-order chi connectivity index (χ1) is 21.4. The smallest absolute Gasteiger partial charge is 0.136 e. The molecule has 1 aromatic heterocycles. The summed E-state index contributed by atoms with van der Waals surface area (Å²) in [5, 5.41) is 6.19. The lowest BCUT2D eigenvalue weighted by atomic mass is 9.59. The van der Waals surface area contributed by atoms with Gasteiger partial charge in [-0.05, 0) is 73.1 Å². The Morgan fingerprint density at radius 3 is 1.52 bits per heavy atom. The van der Waals surface area contributed by atoms with Crippen LogP contribution in [0.4, 0.5) is 0 Å². The predicted octanol–water partition coefficient (Wildman–Crippen LogP) is 4.86. The molecule has 0 saturated carbocycles. The molecular weight excluding hydrogens is 526 g/mol. The summed E-state index contributed by atoms with van der Waals surface area (Å²) in [4.78, 5) is 0. The van der Waals surface area contributed by atoms with Crippen molar-refractivity contribution in [3.8, 4) is 33.4 Å². The van der Waals surface area contributed by atoms with Crippen LogP contribution in [0.3, 0.4) is 0 Å². The molecule has 0 spiro atoms. The van der Waals surface area contributed by atoms with Crippen molar-refractivity contribution in [3.63, 3.8) is 0 Å². The fourth-order valence-corrected chi connectivity index (χ4v) is 6.67. The lowest BCUT2D eigenvalue weighted by Crippen LogP contribution is -2.55. The summed E-state index contributed by atoms with van der Waals surface area (Å²) >= 11 is 0. The first-order valence-corrected chi connectivity index (χ1v) is 14.4. The Morgan fingerprint density at radius 1 is 0.364 bits per heavy atom. The SMILES string of the molecule is [B]c1c([B])c([B])c(-c2c3ccccc3c(-c3ccc4oc5cccc(-c6ccccc6)c5c4c3)c3ccccc23)c([B])c1[B]. The predicted molar refractivity (Wildman–Crippen MR) is 192 cm³/mol. The van der Waals surface area contributed by atoms with Gasteiger partial charge < -0.3 is 4.42 Å². The molecule has 0 fully saturated rings. The van der Waals surface area contributed by atoms with E-state index in [-0.39, 0.29) is 16.4 Å². The second-order valence-corrected chi connectivity index (χ2v) is 11.1. The Labute approximate surface area is 262 Å². The van der Waals surface area contributed by atoms with E-state index in [9.17, 15) is 0 Å².